The summed E-state index contributed by atoms with van der Waals surface area (Å²) in [5.74, 6) is -0.250. The van der Waals surface area contributed by atoms with Crippen LogP contribution in [-0.2, 0) is 9.53 Å². The second kappa shape index (κ2) is 12.6. The third kappa shape index (κ3) is 7.96. The second-order valence-electron chi connectivity index (χ2n) is 9.64. The highest BCUT2D eigenvalue weighted by atomic mass is 16.6. The molecule has 0 aromatic heterocycles. The largest absolute Gasteiger partial charge is 0.508 e. The fraction of sp³-hybridized carbons (Fsp3) is 0.233. The van der Waals surface area contributed by atoms with Crippen LogP contribution in [0.3, 0.4) is 0 Å². The number of rotatable bonds is 10. The fourth-order valence-corrected chi connectivity index (χ4v) is 3.93. The van der Waals surface area contributed by atoms with Crippen LogP contribution in [-0.4, -0.2) is 22.9 Å². The summed E-state index contributed by atoms with van der Waals surface area (Å²) in [6.45, 7) is 5.41. The lowest BCUT2D eigenvalue weighted by Gasteiger charge is -2.34. The number of nitrogens with one attached hydrogen (secondary N) is 2. The lowest BCUT2D eigenvalue weighted by Crippen LogP contribution is -2.29. The number of aromatic hydroxyl groups is 1. The molecule has 0 saturated heterocycles. The van der Waals surface area contributed by atoms with Crippen molar-refractivity contribution in [1.29, 1.82) is 0 Å². The van der Waals surface area contributed by atoms with Crippen molar-refractivity contribution in [2.24, 2.45) is 5.41 Å². The van der Waals surface area contributed by atoms with Crippen molar-refractivity contribution in [1.82, 2.24) is 0 Å². The van der Waals surface area contributed by atoms with E-state index >= 15 is 0 Å². The quantitative estimate of drug-likeness (QED) is 0.139. The van der Waals surface area contributed by atoms with Crippen molar-refractivity contribution < 1.29 is 24.2 Å². The fourth-order valence-electron chi connectivity index (χ4n) is 3.93. The van der Waals surface area contributed by atoms with Crippen LogP contribution >= 0.6 is 0 Å². The molecule has 3 rings (SSSR count). The van der Waals surface area contributed by atoms with Gasteiger partial charge in [0.25, 0.3) is 0 Å². The van der Waals surface area contributed by atoms with Gasteiger partial charge in [-0.05, 0) is 79.9 Å². The minimum atomic E-state index is -0.651. The Morgan fingerprint density at radius 3 is 2.26 bits per heavy atom. The van der Waals surface area contributed by atoms with Gasteiger partial charge in [-0.25, -0.2) is 4.79 Å². The molecule has 198 valence electrons. The maximum atomic E-state index is 12.8. The molecule has 0 aliphatic rings. The monoisotopic (exact) mass is 515 g/mol. The third-order valence-corrected chi connectivity index (χ3v) is 6.11. The van der Waals surface area contributed by atoms with Crippen LogP contribution in [0, 0.1) is 5.41 Å². The number of benzene rings is 3. The first-order valence-corrected chi connectivity index (χ1v) is 12.2. The van der Waals surface area contributed by atoms with Crippen LogP contribution in [0.2, 0.25) is 0 Å². The van der Waals surface area contributed by atoms with E-state index in [1.807, 2.05) is 13.8 Å². The van der Waals surface area contributed by atoms with Crippen molar-refractivity contribution in [3.63, 3.8) is 0 Å². The van der Waals surface area contributed by atoms with Crippen LogP contribution in [0.15, 0.2) is 84.9 Å². The number of phenols is 1. The molecule has 2 amide bonds. The number of hydrogen-bond donors (Lipinski definition) is 4. The topological polar surface area (TPSA) is 131 Å². The van der Waals surface area contributed by atoms with E-state index < -0.39 is 17.6 Å². The molecule has 5 N–H and O–H groups in total. The van der Waals surface area contributed by atoms with Gasteiger partial charge in [0.15, 0.2) is 5.78 Å². The van der Waals surface area contributed by atoms with Gasteiger partial charge < -0.3 is 20.9 Å². The number of hydrogen-bond acceptors (Lipinski definition) is 6. The van der Waals surface area contributed by atoms with Gasteiger partial charge in [0.2, 0.25) is 5.91 Å². The van der Waals surface area contributed by atoms with Crippen LogP contribution in [0.1, 0.15) is 55.6 Å². The van der Waals surface area contributed by atoms with Gasteiger partial charge in [0, 0.05) is 16.7 Å². The maximum absolute atomic E-state index is 12.8. The van der Waals surface area contributed by atoms with Crippen LogP contribution in [0.4, 0.5) is 21.9 Å². The van der Waals surface area contributed by atoms with Crippen LogP contribution in [0.5, 0.6) is 5.75 Å². The molecule has 3 aromatic carbocycles. The van der Waals surface area contributed by atoms with Crippen LogP contribution < -0.4 is 16.4 Å². The molecule has 0 saturated carbocycles. The molecular formula is C30H33N3O5. The van der Waals surface area contributed by atoms with Crippen molar-refractivity contribution in [3.05, 3.63) is 96.1 Å². The predicted octanol–water partition coefficient (Wildman–Crippen LogP) is 6.47. The van der Waals surface area contributed by atoms with E-state index in [-0.39, 0.29) is 17.4 Å². The highest BCUT2D eigenvalue weighted by Gasteiger charge is 2.34. The minimum Gasteiger partial charge on any atom is -0.508 e. The average molecular weight is 516 g/mol. The summed E-state index contributed by atoms with van der Waals surface area (Å²) in [6, 6.07) is 20.1. The number of Topliss-reactive ketones (excluding diaryl/α,β-unsaturated/α-hetero) is 1. The Morgan fingerprint density at radius 1 is 0.974 bits per heavy atom. The number of phenolic OH excluding ortho intramolecular Hbond substituents is 1. The summed E-state index contributed by atoms with van der Waals surface area (Å²) in [7, 11) is 0. The Labute approximate surface area is 222 Å². The van der Waals surface area contributed by atoms with E-state index in [2.05, 4.69) is 10.6 Å². The molecule has 8 nitrogen and oxygen atoms in total. The van der Waals surface area contributed by atoms with Crippen molar-refractivity contribution in [2.75, 3.05) is 16.4 Å². The molecule has 0 unspecified atom stereocenters. The summed E-state index contributed by atoms with van der Waals surface area (Å²) in [5.41, 5.74) is 8.13. The Balaban J connectivity index is 1.67. The third-order valence-electron chi connectivity index (χ3n) is 6.11. The van der Waals surface area contributed by atoms with Gasteiger partial charge in [-0.2, -0.15) is 0 Å². The van der Waals surface area contributed by atoms with E-state index in [1.165, 1.54) is 13.0 Å². The summed E-state index contributed by atoms with van der Waals surface area (Å²) >= 11 is 0. The molecule has 0 heterocycles. The van der Waals surface area contributed by atoms with E-state index in [0.717, 1.165) is 5.56 Å². The molecule has 0 fully saturated rings. The number of ketones is 1. The minimum absolute atomic E-state index is 0.0657. The van der Waals surface area contributed by atoms with E-state index in [1.54, 1.807) is 78.9 Å². The predicted molar refractivity (Wildman–Crippen MR) is 149 cm³/mol. The maximum Gasteiger partial charge on any atom is 0.412 e. The number of nitrogens with two attached hydrogens (primary N) is 1. The zero-order chi connectivity index (χ0) is 27.7. The lowest BCUT2D eigenvalue weighted by atomic mass is 9.78. The molecule has 1 atom stereocenters. The SMILES string of the molecule is CC(=O)c1ccc(NC(=O)O[C@@H](c2ccc(O)cc2)C(C)(C)CC/C=C/C(=O)Nc2ccccc2N)cc1. The molecule has 0 spiro atoms. The van der Waals surface area contributed by atoms with Gasteiger partial charge in [-0.15, -0.1) is 0 Å². The number of carbonyl (C=O) groups is 3. The highest BCUT2D eigenvalue weighted by molar-refractivity contribution is 6.01. The first-order chi connectivity index (χ1) is 18.0. The van der Waals surface area contributed by atoms with Gasteiger partial charge in [0.1, 0.15) is 11.9 Å². The summed E-state index contributed by atoms with van der Waals surface area (Å²) in [5, 5.41) is 15.2. The zero-order valence-electron chi connectivity index (χ0n) is 21.7. The molecule has 0 aliphatic heterocycles. The Kier molecular flexibility index (Phi) is 9.27. The van der Waals surface area contributed by atoms with Crippen molar-refractivity contribution in [3.8, 4) is 5.75 Å². The molecule has 0 bridgehead atoms. The number of allylic oxidation sites excluding steroid dienone is 1. The smallest absolute Gasteiger partial charge is 0.412 e. The zero-order valence-corrected chi connectivity index (χ0v) is 21.7. The standard InChI is InChI=1S/C30H33N3O5/c1-20(34)21-11-15-23(16-12-21)32-29(37)38-28(22-13-17-24(35)18-14-22)30(2,3)19-7-6-10-27(36)33-26-9-5-4-8-25(26)31/h4-6,8-18,28,35H,7,19,31H2,1-3H3,(H,32,37)(H,33,36)/b10-6+/t28-/m0/s1. The highest BCUT2D eigenvalue weighted by Crippen LogP contribution is 2.41. The van der Waals surface area contributed by atoms with Gasteiger partial charge in [-0.1, -0.05) is 44.2 Å². The molecule has 3 aromatic rings. The number of ether oxygens (including phenoxy) is 1. The van der Waals surface area contributed by atoms with E-state index in [4.69, 9.17) is 10.5 Å². The Morgan fingerprint density at radius 2 is 1.63 bits per heavy atom. The molecule has 0 radical (unpaired) electrons. The Hall–Kier alpha value is -4.59. The number of carbonyl (C=O) groups excluding carboxylic acids is 3. The number of para-hydroxylation sites is 2. The van der Waals surface area contributed by atoms with Gasteiger partial charge in [-0.3, -0.25) is 14.9 Å². The van der Waals surface area contributed by atoms with Crippen molar-refractivity contribution >= 4 is 34.8 Å². The number of amides is 2. The van der Waals surface area contributed by atoms with Crippen molar-refractivity contribution in [2.45, 2.75) is 39.7 Å². The van der Waals surface area contributed by atoms with E-state index in [0.29, 0.717) is 35.5 Å². The lowest BCUT2D eigenvalue weighted by molar-refractivity contribution is -0.111. The average Bonchev–Trinajstić information content (AvgIpc) is 2.87. The summed E-state index contributed by atoms with van der Waals surface area (Å²) < 4.78 is 5.88. The first kappa shape index (κ1) is 28.0. The summed E-state index contributed by atoms with van der Waals surface area (Å²) in [6.07, 6.45) is 3.07. The number of nitrogen functional groups attached to an aromatic ring is 1. The Bertz CT molecular complexity index is 1300. The second-order valence-corrected chi connectivity index (χ2v) is 9.64. The summed E-state index contributed by atoms with van der Waals surface area (Å²) in [4.78, 5) is 36.6. The molecule has 38 heavy (non-hydrogen) atoms. The van der Waals surface area contributed by atoms with Gasteiger partial charge in [0.05, 0.1) is 11.4 Å². The molecule has 0 aliphatic carbocycles. The van der Waals surface area contributed by atoms with Crippen LogP contribution in [0.25, 0.3) is 0 Å². The first-order valence-electron chi connectivity index (χ1n) is 12.2. The number of anilines is 3. The molecule has 8 heteroatoms. The molecular weight excluding hydrogens is 482 g/mol. The van der Waals surface area contributed by atoms with E-state index in [9.17, 15) is 19.5 Å². The normalized spacial score (nSPS) is 12.1. The van der Waals surface area contributed by atoms with Gasteiger partial charge >= 0.3 is 6.09 Å².